The number of nitrogens with zero attached hydrogens (tertiary/aromatic N) is 4. The highest BCUT2D eigenvalue weighted by molar-refractivity contribution is 5.86. The Morgan fingerprint density at radius 2 is 1.83 bits per heavy atom. The van der Waals surface area contributed by atoms with Crippen LogP contribution < -0.4 is 0 Å². The molecule has 1 aliphatic carbocycles. The Morgan fingerprint density at radius 1 is 1.13 bits per heavy atom. The Hall–Kier alpha value is -1.49. The lowest BCUT2D eigenvalue weighted by Crippen LogP contribution is -2.61. The summed E-state index contributed by atoms with van der Waals surface area (Å²) in [4.78, 5) is 26.1. The first-order chi connectivity index (χ1) is 11.2. The van der Waals surface area contributed by atoms with Crippen molar-refractivity contribution < 1.29 is 4.79 Å². The number of likely N-dealkylation sites (tertiary alicyclic amines) is 1. The molecule has 0 atom stereocenters. The summed E-state index contributed by atoms with van der Waals surface area (Å²) in [5, 5.41) is 0. The molecule has 3 rings (SSSR count). The van der Waals surface area contributed by atoms with E-state index in [0.29, 0.717) is 6.54 Å². The second kappa shape index (κ2) is 7.39. The molecule has 5 nitrogen and oxygen atoms in total. The number of hydrogen-bond donors (Lipinski definition) is 0. The second-order valence-electron chi connectivity index (χ2n) is 7.00. The molecule has 2 heterocycles. The van der Waals surface area contributed by atoms with E-state index in [1.165, 1.54) is 38.5 Å². The molecular formula is C18H28N4O. The summed E-state index contributed by atoms with van der Waals surface area (Å²) in [6.45, 7) is 2.69. The molecule has 1 saturated carbocycles. The number of rotatable bonds is 4. The zero-order valence-corrected chi connectivity index (χ0v) is 14.2. The molecule has 1 aliphatic heterocycles. The molecule has 0 bridgehead atoms. The summed E-state index contributed by atoms with van der Waals surface area (Å²) >= 11 is 0. The number of carbonyl (C=O) groups is 1. The van der Waals surface area contributed by atoms with Gasteiger partial charge in [-0.3, -0.25) is 19.7 Å². The normalized spacial score (nSPS) is 21.8. The largest absolute Gasteiger partial charge is 0.338 e. The molecule has 2 aliphatic rings. The summed E-state index contributed by atoms with van der Waals surface area (Å²) in [5.41, 5.74) is 0.586. The summed E-state index contributed by atoms with van der Waals surface area (Å²) in [6, 6.07) is 0. The van der Waals surface area contributed by atoms with Crippen LogP contribution in [0.25, 0.3) is 0 Å². The van der Waals surface area contributed by atoms with E-state index in [4.69, 9.17) is 0 Å². The fraction of sp³-hybridized carbons (Fsp3) is 0.722. The molecule has 5 heteroatoms. The smallest absolute Gasteiger partial charge is 0.243 e. The van der Waals surface area contributed by atoms with Crippen LogP contribution in [0, 0.1) is 0 Å². The second-order valence-corrected chi connectivity index (χ2v) is 7.00. The highest BCUT2D eigenvalue weighted by Gasteiger charge is 2.46. The van der Waals surface area contributed by atoms with Gasteiger partial charge in [0.2, 0.25) is 5.91 Å². The summed E-state index contributed by atoms with van der Waals surface area (Å²) in [6.07, 6.45) is 14.5. The van der Waals surface area contributed by atoms with Gasteiger partial charge in [-0.25, -0.2) is 0 Å². The molecule has 1 saturated heterocycles. The van der Waals surface area contributed by atoms with E-state index in [1.807, 2.05) is 11.9 Å². The molecule has 0 aromatic carbocycles. The highest BCUT2D eigenvalue weighted by atomic mass is 16.2. The predicted molar refractivity (Wildman–Crippen MR) is 89.7 cm³/mol. The van der Waals surface area contributed by atoms with Gasteiger partial charge in [-0.05, 0) is 38.8 Å². The summed E-state index contributed by atoms with van der Waals surface area (Å²) in [7, 11) is 1.91. The van der Waals surface area contributed by atoms with Crippen LogP contribution in [-0.2, 0) is 11.3 Å². The lowest BCUT2D eigenvalue weighted by Gasteiger charge is -2.48. The van der Waals surface area contributed by atoms with Gasteiger partial charge in [0, 0.05) is 19.4 Å². The minimum Gasteiger partial charge on any atom is -0.338 e. The van der Waals surface area contributed by atoms with Gasteiger partial charge in [-0.2, -0.15) is 0 Å². The van der Waals surface area contributed by atoms with Gasteiger partial charge in [-0.15, -0.1) is 0 Å². The van der Waals surface area contributed by atoms with E-state index >= 15 is 0 Å². The van der Waals surface area contributed by atoms with Gasteiger partial charge in [0.05, 0.1) is 18.4 Å². The third-order valence-corrected chi connectivity index (χ3v) is 5.40. The molecule has 0 spiro atoms. The Bertz CT molecular complexity index is 507. The summed E-state index contributed by atoms with van der Waals surface area (Å²) in [5.74, 6) is 0.282. The average Bonchev–Trinajstić information content (AvgIpc) is 2.63. The fourth-order valence-corrected chi connectivity index (χ4v) is 4.21. The van der Waals surface area contributed by atoms with Crippen molar-refractivity contribution in [2.45, 2.75) is 63.5 Å². The maximum atomic E-state index is 13.4. The van der Waals surface area contributed by atoms with Crippen LogP contribution in [0.15, 0.2) is 18.6 Å². The van der Waals surface area contributed by atoms with Crippen LogP contribution in [0.2, 0.25) is 0 Å². The van der Waals surface area contributed by atoms with Crippen molar-refractivity contribution in [3.63, 3.8) is 0 Å². The van der Waals surface area contributed by atoms with Crippen LogP contribution >= 0.6 is 0 Å². The molecule has 0 N–H and O–H groups in total. The third-order valence-electron chi connectivity index (χ3n) is 5.40. The lowest BCUT2D eigenvalue weighted by atomic mass is 9.78. The van der Waals surface area contributed by atoms with E-state index in [0.717, 1.165) is 31.6 Å². The van der Waals surface area contributed by atoms with Crippen LogP contribution in [-0.4, -0.2) is 51.4 Å². The van der Waals surface area contributed by atoms with Gasteiger partial charge < -0.3 is 4.90 Å². The van der Waals surface area contributed by atoms with Gasteiger partial charge in [-0.1, -0.05) is 25.7 Å². The van der Waals surface area contributed by atoms with Crippen molar-refractivity contribution in [1.29, 1.82) is 0 Å². The third kappa shape index (κ3) is 3.55. The monoisotopic (exact) mass is 316 g/mol. The van der Waals surface area contributed by atoms with Crippen LogP contribution in [0.5, 0.6) is 0 Å². The maximum absolute atomic E-state index is 13.4. The molecule has 1 amide bonds. The van der Waals surface area contributed by atoms with E-state index < -0.39 is 0 Å². The number of amides is 1. The number of aromatic nitrogens is 2. The van der Waals surface area contributed by atoms with Gasteiger partial charge in [0.15, 0.2) is 0 Å². The van der Waals surface area contributed by atoms with E-state index in [-0.39, 0.29) is 11.4 Å². The molecule has 0 radical (unpaired) electrons. The van der Waals surface area contributed by atoms with Crippen molar-refractivity contribution in [2.24, 2.45) is 0 Å². The Labute approximate surface area is 139 Å². The van der Waals surface area contributed by atoms with E-state index in [9.17, 15) is 4.79 Å². The molecular weight excluding hydrogens is 288 g/mol. The Morgan fingerprint density at radius 3 is 2.48 bits per heavy atom. The molecule has 23 heavy (non-hydrogen) atoms. The minimum absolute atomic E-state index is 0.268. The van der Waals surface area contributed by atoms with Gasteiger partial charge in [0.1, 0.15) is 5.54 Å². The Kier molecular flexibility index (Phi) is 5.26. The first kappa shape index (κ1) is 16.4. The van der Waals surface area contributed by atoms with Crippen LogP contribution in [0.1, 0.15) is 57.1 Å². The average molecular weight is 316 g/mol. The van der Waals surface area contributed by atoms with Crippen LogP contribution in [0.3, 0.4) is 0 Å². The van der Waals surface area contributed by atoms with Gasteiger partial charge >= 0.3 is 0 Å². The van der Waals surface area contributed by atoms with Crippen molar-refractivity contribution >= 4 is 5.91 Å². The highest BCUT2D eigenvalue weighted by Crippen LogP contribution is 2.37. The standard InChI is InChI=1S/C18H28N4O/c1-21(15-16-14-19-10-11-20-16)17(23)18(8-4-2-5-9-18)22-12-6-3-7-13-22/h10-11,14H,2-9,12-13,15H2,1H3. The SMILES string of the molecule is CN(Cc1cnccn1)C(=O)C1(N2CCCCC2)CCCCC1. The molecule has 0 unspecified atom stereocenters. The van der Waals surface area contributed by atoms with E-state index in [2.05, 4.69) is 14.9 Å². The zero-order chi connectivity index (χ0) is 16.1. The predicted octanol–water partition coefficient (Wildman–Crippen LogP) is 2.62. The molecule has 1 aromatic heterocycles. The van der Waals surface area contributed by atoms with Crippen molar-refractivity contribution in [2.75, 3.05) is 20.1 Å². The first-order valence-corrected chi connectivity index (χ1v) is 8.98. The van der Waals surface area contributed by atoms with Crippen molar-refractivity contribution in [3.8, 4) is 0 Å². The fourth-order valence-electron chi connectivity index (χ4n) is 4.21. The number of carbonyl (C=O) groups excluding carboxylic acids is 1. The molecule has 126 valence electrons. The zero-order valence-electron chi connectivity index (χ0n) is 14.2. The van der Waals surface area contributed by atoms with Crippen molar-refractivity contribution in [3.05, 3.63) is 24.3 Å². The lowest BCUT2D eigenvalue weighted by molar-refractivity contribution is -0.147. The van der Waals surface area contributed by atoms with E-state index in [1.54, 1.807) is 18.6 Å². The Balaban J connectivity index is 1.76. The molecule has 2 fully saturated rings. The molecule has 1 aromatic rings. The van der Waals surface area contributed by atoms with Crippen LogP contribution in [0.4, 0.5) is 0 Å². The van der Waals surface area contributed by atoms with Crippen molar-refractivity contribution in [1.82, 2.24) is 19.8 Å². The number of likely N-dealkylation sites (N-methyl/N-ethyl adjacent to an activating group) is 1. The topological polar surface area (TPSA) is 49.3 Å². The number of piperidine rings is 1. The number of hydrogen-bond acceptors (Lipinski definition) is 4. The maximum Gasteiger partial charge on any atom is 0.243 e. The first-order valence-electron chi connectivity index (χ1n) is 8.98. The minimum atomic E-state index is -0.268. The summed E-state index contributed by atoms with van der Waals surface area (Å²) < 4.78 is 0. The quantitative estimate of drug-likeness (QED) is 0.857. The van der Waals surface area contributed by atoms with Gasteiger partial charge in [0.25, 0.3) is 0 Å².